The van der Waals surface area contributed by atoms with Gasteiger partial charge in [0.1, 0.15) is 0 Å². The lowest BCUT2D eigenvalue weighted by atomic mass is 10.3. The molecule has 0 aliphatic rings. The van der Waals surface area contributed by atoms with Crippen LogP contribution in [0.2, 0.25) is 0 Å². The topological polar surface area (TPSA) is 80.4 Å². The van der Waals surface area contributed by atoms with Crippen LogP contribution in [0, 0.1) is 0 Å². The maximum Gasteiger partial charge on any atom is 0.431 e. The summed E-state index contributed by atoms with van der Waals surface area (Å²) in [5, 5.41) is -5.42. The van der Waals surface area contributed by atoms with Gasteiger partial charge in [-0.2, -0.15) is 26.0 Å². The Balaban J connectivity index is 0. The molecule has 0 unspecified atom stereocenters. The third-order valence-electron chi connectivity index (χ3n) is 1.36. The highest BCUT2D eigenvalue weighted by atomic mass is 32.2. The molecule has 4 nitrogen and oxygen atoms in total. The molecule has 0 rings (SSSR count). The molecule has 98 valence electrons. The molecule has 0 aliphatic heterocycles. The zero-order valence-electron chi connectivity index (χ0n) is 8.46. The molecule has 0 amide bonds. The second-order valence-corrected chi connectivity index (χ2v) is 4.04. The second kappa shape index (κ2) is 6.16. The quantitative estimate of drug-likeness (QED) is 0.461. The van der Waals surface area contributed by atoms with Crippen LogP contribution in [-0.4, -0.2) is 30.7 Å². The molecule has 0 radical (unpaired) electrons. The molecule has 0 aromatic heterocycles. The Bertz CT molecular complexity index is 316. The average molecular weight is 267 g/mol. The van der Waals surface area contributed by atoms with E-state index in [1.54, 1.807) is 6.08 Å². The minimum Gasteiger partial charge on any atom is -0.327 e. The van der Waals surface area contributed by atoms with Gasteiger partial charge >= 0.3 is 21.3 Å². The Morgan fingerprint density at radius 3 is 1.75 bits per heavy atom. The molecular formula is C7H13F4NO3S. The van der Waals surface area contributed by atoms with Crippen molar-refractivity contribution in [3.05, 3.63) is 12.7 Å². The van der Waals surface area contributed by atoms with Crippen molar-refractivity contribution in [2.45, 2.75) is 24.5 Å². The monoisotopic (exact) mass is 267 g/mol. The van der Waals surface area contributed by atoms with E-state index in [0.29, 0.717) is 13.5 Å². The molecule has 3 N–H and O–H groups in total. The summed E-state index contributed by atoms with van der Waals surface area (Å²) in [6.07, 6.45) is 0.278. The number of hydrogen-bond acceptors (Lipinski definition) is 3. The third-order valence-corrected chi connectivity index (χ3v) is 2.31. The number of hydrogen-bond donors (Lipinski definition) is 2. The van der Waals surface area contributed by atoms with Gasteiger partial charge in [0.25, 0.3) is 0 Å². The first-order chi connectivity index (χ1) is 6.97. The molecule has 0 saturated heterocycles. The molecule has 9 heteroatoms. The molecule has 0 aromatic carbocycles. The fourth-order valence-electron chi connectivity index (χ4n) is 0.394. The van der Waals surface area contributed by atoms with E-state index in [4.69, 9.17) is 10.3 Å². The highest BCUT2D eigenvalue weighted by Crippen LogP contribution is 2.40. The smallest absolute Gasteiger partial charge is 0.327 e. The fraction of sp³-hybridized carbons (Fsp3) is 0.714. The standard InChI is InChI=1S/C4H6F4O3S.C3H7N/c1-2-3(5,6)4(7,8)12(9,10)11;1-2-3-4/h2H2,1H3,(H,9,10,11);2H,1,3-4H2. The van der Waals surface area contributed by atoms with Crippen LogP contribution < -0.4 is 5.73 Å². The van der Waals surface area contributed by atoms with Crippen molar-refractivity contribution in [2.24, 2.45) is 5.73 Å². The summed E-state index contributed by atoms with van der Waals surface area (Å²) in [7, 11) is -6.06. The van der Waals surface area contributed by atoms with E-state index >= 15 is 0 Å². The van der Waals surface area contributed by atoms with Crippen molar-refractivity contribution in [1.29, 1.82) is 0 Å². The summed E-state index contributed by atoms with van der Waals surface area (Å²) in [5.41, 5.74) is 4.91. The van der Waals surface area contributed by atoms with Crippen molar-refractivity contribution in [3.63, 3.8) is 0 Å². The number of halogens is 4. The van der Waals surface area contributed by atoms with Crippen LogP contribution in [0.25, 0.3) is 0 Å². The van der Waals surface area contributed by atoms with E-state index in [2.05, 4.69) is 6.58 Å². The molecule has 0 saturated carbocycles. The highest BCUT2D eigenvalue weighted by Gasteiger charge is 2.64. The Morgan fingerprint density at radius 1 is 1.38 bits per heavy atom. The second-order valence-electron chi connectivity index (χ2n) is 2.57. The van der Waals surface area contributed by atoms with Crippen LogP contribution in [0.4, 0.5) is 17.6 Å². The van der Waals surface area contributed by atoms with Gasteiger partial charge in [0, 0.05) is 13.0 Å². The number of alkyl halides is 4. The molecule has 0 heterocycles. The largest absolute Gasteiger partial charge is 0.431 e. The van der Waals surface area contributed by atoms with E-state index in [9.17, 15) is 26.0 Å². The Kier molecular flexibility index (Phi) is 6.82. The van der Waals surface area contributed by atoms with Crippen LogP contribution in [0.15, 0.2) is 12.7 Å². The van der Waals surface area contributed by atoms with Crippen molar-refractivity contribution in [2.75, 3.05) is 6.54 Å². The van der Waals surface area contributed by atoms with Crippen LogP contribution >= 0.6 is 0 Å². The molecule has 0 bridgehead atoms. The van der Waals surface area contributed by atoms with Gasteiger partial charge in [0.2, 0.25) is 0 Å². The van der Waals surface area contributed by atoms with Crippen molar-refractivity contribution < 1.29 is 30.5 Å². The lowest BCUT2D eigenvalue weighted by Gasteiger charge is -2.21. The predicted octanol–water partition coefficient (Wildman–Crippen LogP) is 1.64. The van der Waals surface area contributed by atoms with Crippen molar-refractivity contribution in [3.8, 4) is 0 Å². The summed E-state index contributed by atoms with van der Waals surface area (Å²) in [6.45, 7) is 4.62. The van der Waals surface area contributed by atoms with E-state index in [1.807, 2.05) is 0 Å². The first-order valence-electron chi connectivity index (χ1n) is 4.01. The van der Waals surface area contributed by atoms with Gasteiger partial charge in [0.05, 0.1) is 0 Å². The summed E-state index contributed by atoms with van der Waals surface area (Å²) in [5.74, 6) is -4.75. The number of nitrogens with two attached hydrogens (primary N) is 1. The Morgan fingerprint density at radius 2 is 1.69 bits per heavy atom. The van der Waals surface area contributed by atoms with E-state index in [1.165, 1.54) is 0 Å². The van der Waals surface area contributed by atoms with Crippen LogP contribution in [-0.2, 0) is 10.1 Å². The van der Waals surface area contributed by atoms with E-state index in [0.717, 1.165) is 0 Å². The fourth-order valence-corrected chi connectivity index (χ4v) is 0.916. The van der Waals surface area contributed by atoms with Crippen LogP contribution in [0.1, 0.15) is 13.3 Å². The van der Waals surface area contributed by atoms with Gasteiger partial charge in [-0.1, -0.05) is 13.0 Å². The predicted molar refractivity (Wildman–Crippen MR) is 51.0 cm³/mol. The summed E-state index contributed by atoms with van der Waals surface area (Å²) in [4.78, 5) is 0. The molecule has 0 atom stereocenters. The Labute approximate surface area is 90.9 Å². The van der Waals surface area contributed by atoms with Gasteiger partial charge in [-0.15, -0.1) is 6.58 Å². The lowest BCUT2D eigenvalue weighted by molar-refractivity contribution is -0.161. The van der Waals surface area contributed by atoms with Gasteiger partial charge in [-0.3, -0.25) is 4.55 Å². The van der Waals surface area contributed by atoms with Gasteiger partial charge < -0.3 is 5.73 Å². The summed E-state index contributed by atoms with van der Waals surface area (Å²) < 4.78 is 75.8. The normalized spacial score (nSPS) is 12.7. The first-order valence-corrected chi connectivity index (χ1v) is 5.45. The third kappa shape index (κ3) is 4.45. The maximum atomic E-state index is 12.1. The molecule has 0 aliphatic carbocycles. The minimum atomic E-state index is -6.06. The first kappa shape index (κ1) is 17.7. The minimum absolute atomic E-state index is 0.583. The molecule has 16 heavy (non-hydrogen) atoms. The van der Waals surface area contributed by atoms with Gasteiger partial charge in [-0.05, 0) is 0 Å². The lowest BCUT2D eigenvalue weighted by Crippen LogP contribution is -2.46. The van der Waals surface area contributed by atoms with E-state index in [-0.39, 0.29) is 0 Å². The molecule has 0 spiro atoms. The molecule has 0 aromatic rings. The zero-order valence-corrected chi connectivity index (χ0v) is 9.28. The molecular weight excluding hydrogens is 254 g/mol. The number of rotatable bonds is 4. The van der Waals surface area contributed by atoms with E-state index < -0.39 is 27.7 Å². The zero-order chi connectivity index (χ0) is 13.6. The summed E-state index contributed by atoms with van der Waals surface area (Å²) >= 11 is 0. The molecule has 0 fully saturated rings. The van der Waals surface area contributed by atoms with Gasteiger partial charge in [0.15, 0.2) is 0 Å². The summed E-state index contributed by atoms with van der Waals surface area (Å²) in [6, 6.07) is 0. The van der Waals surface area contributed by atoms with Crippen molar-refractivity contribution >= 4 is 10.1 Å². The van der Waals surface area contributed by atoms with Gasteiger partial charge in [-0.25, -0.2) is 0 Å². The van der Waals surface area contributed by atoms with Crippen LogP contribution in [0.3, 0.4) is 0 Å². The maximum absolute atomic E-state index is 12.1. The average Bonchev–Trinajstić information content (AvgIpc) is 2.16. The van der Waals surface area contributed by atoms with Crippen LogP contribution in [0.5, 0.6) is 0 Å². The SMILES string of the molecule is C=CCN.CCC(F)(F)C(F)(F)S(=O)(=O)O. The highest BCUT2D eigenvalue weighted by molar-refractivity contribution is 7.87. The van der Waals surface area contributed by atoms with Crippen molar-refractivity contribution in [1.82, 2.24) is 0 Å². The Hall–Kier alpha value is -0.670.